The van der Waals surface area contributed by atoms with Crippen molar-refractivity contribution in [1.29, 1.82) is 0 Å². The van der Waals surface area contributed by atoms with Gasteiger partial charge in [-0.25, -0.2) is 0 Å². The van der Waals surface area contributed by atoms with Crippen molar-refractivity contribution in [2.75, 3.05) is 13.7 Å². The number of hydrogen-bond acceptors (Lipinski definition) is 5. The molecule has 0 heterocycles. The van der Waals surface area contributed by atoms with Gasteiger partial charge in [-0.3, -0.25) is 25.8 Å². The number of benzene rings is 2. The maximum Gasteiger partial charge on any atom is 0.269 e. The van der Waals surface area contributed by atoms with Crippen molar-refractivity contribution < 1.29 is 19.1 Å². The Morgan fingerprint density at radius 3 is 2.50 bits per heavy atom. The fourth-order valence-electron chi connectivity index (χ4n) is 2.11. The molecule has 0 saturated carbocycles. The number of nitrogens with one attached hydrogen (secondary N) is 3. The minimum atomic E-state index is -0.472. The van der Waals surface area contributed by atoms with E-state index < -0.39 is 11.8 Å². The molecule has 0 aliphatic rings. The van der Waals surface area contributed by atoms with Crippen LogP contribution in [0.2, 0.25) is 5.02 Å². The lowest BCUT2D eigenvalue weighted by Gasteiger charge is -2.12. The van der Waals surface area contributed by atoms with Crippen LogP contribution in [-0.2, 0) is 4.79 Å². The number of carbonyl (C=O) groups is 2. The number of aryl methyl sites for hydroxylation is 1. The first-order valence-electron chi connectivity index (χ1n) is 7.93. The minimum Gasteiger partial charge on any atom is -0.496 e. The molecule has 0 spiro atoms. The number of halogens is 2. The van der Waals surface area contributed by atoms with Gasteiger partial charge in [0.15, 0.2) is 11.7 Å². The normalized spacial score (nSPS) is 10.0. The van der Waals surface area contributed by atoms with Crippen molar-refractivity contribution in [3.63, 3.8) is 0 Å². The van der Waals surface area contributed by atoms with E-state index in [0.29, 0.717) is 22.1 Å². The highest BCUT2D eigenvalue weighted by molar-refractivity contribution is 14.1. The van der Waals surface area contributed by atoms with Gasteiger partial charge in [-0.05, 0) is 83.7 Å². The molecule has 0 radical (unpaired) electrons. The molecule has 28 heavy (non-hydrogen) atoms. The third kappa shape index (κ3) is 6.50. The lowest BCUT2D eigenvalue weighted by atomic mass is 10.2. The van der Waals surface area contributed by atoms with E-state index in [2.05, 4.69) is 38.8 Å². The summed E-state index contributed by atoms with van der Waals surface area (Å²) in [6.07, 6.45) is 0. The van der Waals surface area contributed by atoms with Gasteiger partial charge in [-0.2, -0.15) is 0 Å². The Kier molecular flexibility index (Phi) is 8.27. The van der Waals surface area contributed by atoms with Crippen molar-refractivity contribution in [1.82, 2.24) is 16.2 Å². The van der Waals surface area contributed by atoms with Crippen molar-refractivity contribution in [3.8, 4) is 11.5 Å². The number of ether oxygens (including phenoxy) is 2. The third-order valence-corrected chi connectivity index (χ3v) is 4.73. The average molecular weight is 534 g/mol. The van der Waals surface area contributed by atoms with E-state index in [9.17, 15) is 9.59 Å². The van der Waals surface area contributed by atoms with Crippen LogP contribution in [0.4, 0.5) is 0 Å². The fourth-order valence-corrected chi connectivity index (χ4v) is 3.23. The van der Waals surface area contributed by atoms with Crippen LogP contribution in [0.15, 0.2) is 36.4 Å². The molecule has 0 aliphatic heterocycles. The van der Waals surface area contributed by atoms with E-state index >= 15 is 0 Å². The van der Waals surface area contributed by atoms with E-state index in [1.54, 1.807) is 43.5 Å². The summed E-state index contributed by atoms with van der Waals surface area (Å²) in [4.78, 5) is 24.1. The maximum absolute atomic E-state index is 12.1. The number of methoxy groups -OCH3 is 1. The summed E-state index contributed by atoms with van der Waals surface area (Å²) in [5.41, 5.74) is 6.10. The highest BCUT2D eigenvalue weighted by atomic mass is 127. The minimum absolute atomic E-state index is 0.0574. The van der Waals surface area contributed by atoms with Gasteiger partial charge in [0.05, 0.1) is 10.7 Å². The van der Waals surface area contributed by atoms with Gasteiger partial charge in [0, 0.05) is 10.6 Å². The number of rotatable bonds is 5. The summed E-state index contributed by atoms with van der Waals surface area (Å²) in [6, 6.07) is 10.0. The van der Waals surface area contributed by atoms with Crippen LogP contribution in [0.5, 0.6) is 11.5 Å². The molecule has 2 aromatic rings. The zero-order valence-electron chi connectivity index (χ0n) is 15.0. The summed E-state index contributed by atoms with van der Waals surface area (Å²) >= 11 is 12.9. The molecule has 7 nitrogen and oxygen atoms in total. The lowest BCUT2D eigenvalue weighted by Crippen LogP contribution is -2.49. The van der Waals surface area contributed by atoms with Crippen molar-refractivity contribution >= 4 is 63.3 Å². The monoisotopic (exact) mass is 533 g/mol. The van der Waals surface area contributed by atoms with Gasteiger partial charge >= 0.3 is 0 Å². The van der Waals surface area contributed by atoms with Crippen LogP contribution in [-0.4, -0.2) is 30.6 Å². The summed E-state index contributed by atoms with van der Waals surface area (Å²) in [6.45, 7) is 1.58. The zero-order valence-corrected chi connectivity index (χ0v) is 18.7. The average Bonchev–Trinajstić information content (AvgIpc) is 2.65. The van der Waals surface area contributed by atoms with Gasteiger partial charge < -0.3 is 9.47 Å². The Hall–Kier alpha value is -2.11. The summed E-state index contributed by atoms with van der Waals surface area (Å²) < 4.78 is 11.4. The van der Waals surface area contributed by atoms with E-state index in [0.717, 1.165) is 9.13 Å². The molecule has 0 bridgehead atoms. The molecule has 0 saturated heterocycles. The first-order chi connectivity index (χ1) is 13.3. The standard InChI is InChI=1S/C18H17ClIN3O4S/c1-10-7-12(19)4-6-14(10)27-9-16(24)21-18(28)23-22-17(25)11-3-5-15(26-2)13(20)8-11/h3-8H,9H2,1-2H3,(H,22,25)(H2,21,23,24,28). The quantitative estimate of drug-likeness (QED) is 0.311. The zero-order chi connectivity index (χ0) is 20.7. The number of hydrazine groups is 1. The molecule has 0 fully saturated rings. The Bertz CT molecular complexity index is 910. The van der Waals surface area contributed by atoms with E-state index in [1.807, 2.05) is 6.92 Å². The van der Waals surface area contributed by atoms with Gasteiger partial charge in [0.2, 0.25) is 0 Å². The highest BCUT2D eigenvalue weighted by Crippen LogP contribution is 2.22. The predicted octanol–water partition coefficient (Wildman–Crippen LogP) is 2.98. The summed E-state index contributed by atoms with van der Waals surface area (Å²) in [5, 5.41) is 2.94. The molecular formula is C18H17ClIN3O4S. The van der Waals surface area contributed by atoms with Gasteiger partial charge in [0.1, 0.15) is 11.5 Å². The second kappa shape index (κ2) is 10.4. The van der Waals surface area contributed by atoms with Crippen molar-refractivity contribution in [2.24, 2.45) is 0 Å². The molecule has 0 aliphatic carbocycles. The molecule has 10 heteroatoms. The number of hydrogen-bond donors (Lipinski definition) is 3. The summed E-state index contributed by atoms with van der Waals surface area (Å²) in [7, 11) is 1.55. The fraction of sp³-hybridized carbons (Fsp3) is 0.167. The van der Waals surface area contributed by atoms with Gasteiger partial charge in [-0.15, -0.1) is 0 Å². The smallest absolute Gasteiger partial charge is 0.269 e. The third-order valence-electron chi connectivity index (χ3n) is 3.45. The lowest BCUT2D eigenvalue weighted by molar-refractivity contribution is -0.121. The molecule has 0 atom stereocenters. The maximum atomic E-state index is 12.1. The molecule has 0 unspecified atom stereocenters. The SMILES string of the molecule is COc1ccc(C(=O)NNC(=S)NC(=O)COc2ccc(Cl)cc2C)cc1I. The number of carbonyl (C=O) groups excluding carboxylic acids is 2. The predicted molar refractivity (Wildman–Crippen MR) is 119 cm³/mol. The van der Waals surface area contributed by atoms with E-state index in [4.69, 9.17) is 33.3 Å². The molecule has 2 rings (SSSR count). The van der Waals surface area contributed by atoms with Crippen LogP contribution < -0.4 is 25.6 Å². The van der Waals surface area contributed by atoms with Gasteiger partial charge in [0.25, 0.3) is 11.8 Å². The van der Waals surface area contributed by atoms with Crippen LogP contribution >= 0.6 is 46.4 Å². The molecule has 2 aromatic carbocycles. The van der Waals surface area contributed by atoms with Crippen LogP contribution in [0, 0.1) is 10.5 Å². The first kappa shape index (κ1) is 22.2. The Labute approximate surface area is 186 Å². The molecule has 3 N–H and O–H groups in total. The second-order valence-corrected chi connectivity index (χ2v) is 7.51. The number of thiocarbonyl (C=S) groups is 1. The Morgan fingerprint density at radius 1 is 1.14 bits per heavy atom. The summed E-state index contributed by atoms with van der Waals surface area (Å²) in [5.74, 6) is 0.329. The molecular weight excluding hydrogens is 517 g/mol. The number of amides is 2. The largest absolute Gasteiger partial charge is 0.496 e. The van der Waals surface area contributed by atoms with Crippen LogP contribution in [0.25, 0.3) is 0 Å². The van der Waals surface area contributed by atoms with E-state index in [-0.39, 0.29) is 11.7 Å². The van der Waals surface area contributed by atoms with Crippen molar-refractivity contribution in [2.45, 2.75) is 6.92 Å². The highest BCUT2D eigenvalue weighted by Gasteiger charge is 2.11. The van der Waals surface area contributed by atoms with Gasteiger partial charge in [-0.1, -0.05) is 11.6 Å². The van der Waals surface area contributed by atoms with Crippen LogP contribution in [0.3, 0.4) is 0 Å². The Balaban J connectivity index is 1.79. The molecule has 148 valence electrons. The van der Waals surface area contributed by atoms with Crippen molar-refractivity contribution in [3.05, 3.63) is 56.1 Å². The second-order valence-electron chi connectivity index (χ2n) is 5.50. The molecule has 0 aromatic heterocycles. The topological polar surface area (TPSA) is 88.7 Å². The van der Waals surface area contributed by atoms with Crippen LogP contribution in [0.1, 0.15) is 15.9 Å². The van der Waals surface area contributed by atoms with E-state index in [1.165, 1.54) is 0 Å². The molecule has 2 amide bonds. The first-order valence-corrected chi connectivity index (χ1v) is 9.79. The Morgan fingerprint density at radius 2 is 1.86 bits per heavy atom.